The highest BCUT2D eigenvalue weighted by Crippen LogP contribution is 2.28. The Morgan fingerprint density at radius 3 is 2.60 bits per heavy atom. The summed E-state index contributed by atoms with van der Waals surface area (Å²) in [6.45, 7) is 1.80. The first-order chi connectivity index (χ1) is 7.04. The Hall–Kier alpha value is -0.440. The first kappa shape index (κ1) is 12.6. The zero-order valence-corrected chi connectivity index (χ0v) is 10.2. The van der Waals surface area contributed by atoms with E-state index >= 15 is 0 Å². The molecule has 0 saturated carbocycles. The molecule has 0 aromatic heterocycles. The summed E-state index contributed by atoms with van der Waals surface area (Å²) in [6, 6.07) is 4.78. The third-order valence-electron chi connectivity index (χ3n) is 1.79. The molecular formula is C10H9Cl3O2. The zero-order valence-electron chi connectivity index (χ0n) is 7.97. The molecule has 5 heteroatoms. The van der Waals surface area contributed by atoms with Crippen LogP contribution in [-0.4, -0.2) is 11.3 Å². The minimum Gasteiger partial charge on any atom is -0.480 e. The van der Waals surface area contributed by atoms with Gasteiger partial charge in [-0.3, -0.25) is 4.79 Å². The molecule has 0 unspecified atom stereocenters. The lowest BCUT2D eigenvalue weighted by Crippen LogP contribution is -2.22. The molecule has 0 aliphatic carbocycles. The second-order valence-corrected chi connectivity index (χ2v) is 4.11. The summed E-state index contributed by atoms with van der Waals surface area (Å²) in [4.78, 5) is 10.9. The van der Waals surface area contributed by atoms with Crippen LogP contribution in [0.3, 0.4) is 0 Å². The normalized spacial score (nSPS) is 12.3. The van der Waals surface area contributed by atoms with Crippen molar-refractivity contribution >= 4 is 40.0 Å². The fourth-order valence-electron chi connectivity index (χ4n) is 1.01. The smallest absolute Gasteiger partial charge is 0.262 e. The molecule has 0 spiro atoms. The van der Waals surface area contributed by atoms with Gasteiger partial charge in [0.2, 0.25) is 0 Å². The molecule has 82 valence electrons. The number of rotatable bonds is 4. The summed E-state index contributed by atoms with van der Waals surface area (Å²) in [5.74, 6) is 0.405. The van der Waals surface area contributed by atoms with E-state index in [4.69, 9.17) is 39.5 Å². The Morgan fingerprint density at radius 1 is 1.47 bits per heavy atom. The van der Waals surface area contributed by atoms with Crippen LogP contribution in [0.1, 0.15) is 13.3 Å². The van der Waals surface area contributed by atoms with Crippen molar-refractivity contribution in [2.75, 3.05) is 0 Å². The van der Waals surface area contributed by atoms with Crippen LogP contribution in [0, 0.1) is 0 Å². The van der Waals surface area contributed by atoms with Crippen LogP contribution >= 0.6 is 34.8 Å². The van der Waals surface area contributed by atoms with Gasteiger partial charge in [-0.1, -0.05) is 30.1 Å². The van der Waals surface area contributed by atoms with Crippen molar-refractivity contribution in [2.24, 2.45) is 0 Å². The predicted octanol–water partition coefficient (Wildman–Crippen LogP) is 3.92. The Kier molecular flexibility index (Phi) is 4.71. The van der Waals surface area contributed by atoms with E-state index in [1.807, 2.05) is 0 Å². The predicted molar refractivity (Wildman–Crippen MR) is 62.0 cm³/mol. The van der Waals surface area contributed by atoms with Crippen molar-refractivity contribution in [1.82, 2.24) is 0 Å². The fraction of sp³-hybridized carbons (Fsp3) is 0.300. The first-order valence-electron chi connectivity index (χ1n) is 4.35. The number of hydrogen-bond acceptors (Lipinski definition) is 2. The molecule has 0 bridgehead atoms. The number of hydrogen-bond donors (Lipinski definition) is 0. The van der Waals surface area contributed by atoms with Gasteiger partial charge in [-0.25, -0.2) is 0 Å². The summed E-state index contributed by atoms with van der Waals surface area (Å²) in [5.41, 5.74) is 0. The van der Waals surface area contributed by atoms with Gasteiger partial charge >= 0.3 is 0 Å². The van der Waals surface area contributed by atoms with Crippen molar-refractivity contribution in [3.05, 3.63) is 28.2 Å². The molecular weight excluding hydrogens is 258 g/mol. The van der Waals surface area contributed by atoms with E-state index in [1.165, 1.54) is 0 Å². The van der Waals surface area contributed by atoms with Gasteiger partial charge in [-0.2, -0.15) is 0 Å². The van der Waals surface area contributed by atoms with Crippen LogP contribution in [0.5, 0.6) is 5.75 Å². The Labute approximate surface area is 103 Å². The maximum Gasteiger partial charge on any atom is 0.262 e. The van der Waals surface area contributed by atoms with Gasteiger partial charge in [-0.05, 0) is 36.2 Å². The lowest BCUT2D eigenvalue weighted by molar-refractivity contribution is -0.117. The molecule has 0 saturated heterocycles. The van der Waals surface area contributed by atoms with E-state index in [2.05, 4.69) is 0 Å². The zero-order chi connectivity index (χ0) is 11.4. The fourth-order valence-corrected chi connectivity index (χ4v) is 1.67. The Morgan fingerprint density at radius 2 is 2.13 bits per heavy atom. The quantitative estimate of drug-likeness (QED) is 0.773. The summed E-state index contributed by atoms with van der Waals surface area (Å²) < 4.78 is 5.34. The number of ether oxygens (including phenoxy) is 1. The van der Waals surface area contributed by atoms with E-state index in [1.54, 1.807) is 25.1 Å². The van der Waals surface area contributed by atoms with E-state index in [0.717, 1.165) is 0 Å². The van der Waals surface area contributed by atoms with Gasteiger partial charge < -0.3 is 4.74 Å². The summed E-state index contributed by atoms with van der Waals surface area (Å²) in [5, 5.41) is 0.333. The third kappa shape index (κ3) is 3.56. The van der Waals surface area contributed by atoms with Crippen LogP contribution in [0.25, 0.3) is 0 Å². The largest absolute Gasteiger partial charge is 0.480 e. The van der Waals surface area contributed by atoms with Crippen LogP contribution in [0.4, 0.5) is 0 Å². The maximum absolute atomic E-state index is 10.9. The maximum atomic E-state index is 10.9. The molecule has 1 aromatic carbocycles. The molecule has 15 heavy (non-hydrogen) atoms. The first-order valence-corrected chi connectivity index (χ1v) is 5.49. The molecule has 1 atom stereocenters. The third-order valence-corrected chi connectivity index (χ3v) is 2.56. The minimum atomic E-state index is -0.676. The van der Waals surface area contributed by atoms with Crippen LogP contribution in [0.2, 0.25) is 10.0 Å². The molecule has 0 heterocycles. The van der Waals surface area contributed by atoms with Crippen LogP contribution in [-0.2, 0) is 4.79 Å². The second kappa shape index (κ2) is 5.59. The van der Waals surface area contributed by atoms with Gasteiger partial charge in [0, 0.05) is 5.02 Å². The summed E-state index contributed by atoms with van der Waals surface area (Å²) in [6.07, 6.45) is -0.188. The van der Waals surface area contributed by atoms with Gasteiger partial charge in [-0.15, -0.1) is 0 Å². The Bertz CT molecular complexity index is 366. The van der Waals surface area contributed by atoms with Crippen molar-refractivity contribution in [3.8, 4) is 5.75 Å². The molecule has 1 aromatic rings. The molecule has 0 radical (unpaired) electrons. The van der Waals surface area contributed by atoms with E-state index < -0.39 is 11.3 Å². The van der Waals surface area contributed by atoms with Crippen molar-refractivity contribution in [2.45, 2.75) is 19.4 Å². The van der Waals surface area contributed by atoms with Crippen molar-refractivity contribution in [3.63, 3.8) is 0 Å². The molecule has 0 fully saturated rings. The number of carbonyl (C=O) groups is 1. The van der Waals surface area contributed by atoms with E-state index in [0.29, 0.717) is 22.2 Å². The lowest BCUT2D eigenvalue weighted by atomic mass is 10.3. The highest BCUT2D eigenvalue weighted by atomic mass is 35.5. The molecule has 2 nitrogen and oxygen atoms in total. The average molecular weight is 268 g/mol. The summed E-state index contributed by atoms with van der Waals surface area (Å²) >= 11 is 16.9. The van der Waals surface area contributed by atoms with Gasteiger partial charge in [0.25, 0.3) is 5.24 Å². The number of carbonyl (C=O) groups excluding carboxylic acids is 1. The molecule has 0 aliphatic rings. The highest BCUT2D eigenvalue weighted by molar-refractivity contribution is 6.64. The molecule has 0 amide bonds. The minimum absolute atomic E-state index is 0.360. The van der Waals surface area contributed by atoms with Gasteiger partial charge in [0.05, 0.1) is 5.02 Å². The van der Waals surface area contributed by atoms with Crippen LogP contribution in [0.15, 0.2) is 18.2 Å². The standard InChI is InChI=1S/C10H9Cl3O2/c1-2-8(10(13)14)15-9-4-3-6(11)5-7(9)12/h3-5,8H,2H2,1H3/t8-/m0/s1. The van der Waals surface area contributed by atoms with Gasteiger partial charge in [0.1, 0.15) is 5.75 Å². The van der Waals surface area contributed by atoms with Gasteiger partial charge in [0.15, 0.2) is 6.10 Å². The Balaban J connectivity index is 2.84. The highest BCUT2D eigenvalue weighted by Gasteiger charge is 2.17. The SMILES string of the molecule is CC[C@H](Oc1ccc(Cl)cc1Cl)C(=O)Cl. The summed E-state index contributed by atoms with van der Waals surface area (Å²) in [7, 11) is 0. The molecule has 1 rings (SSSR count). The van der Waals surface area contributed by atoms with Crippen molar-refractivity contribution in [1.29, 1.82) is 0 Å². The monoisotopic (exact) mass is 266 g/mol. The molecule has 0 aliphatic heterocycles. The molecule has 0 N–H and O–H groups in total. The topological polar surface area (TPSA) is 26.3 Å². The van der Waals surface area contributed by atoms with E-state index in [-0.39, 0.29) is 0 Å². The van der Waals surface area contributed by atoms with E-state index in [9.17, 15) is 4.79 Å². The van der Waals surface area contributed by atoms with Crippen molar-refractivity contribution < 1.29 is 9.53 Å². The average Bonchev–Trinajstić information content (AvgIpc) is 2.16. The number of halogens is 3. The lowest BCUT2D eigenvalue weighted by Gasteiger charge is -2.14. The van der Waals surface area contributed by atoms with Crippen LogP contribution < -0.4 is 4.74 Å². The number of benzene rings is 1. The second-order valence-electron chi connectivity index (χ2n) is 2.89.